The fourth-order valence-corrected chi connectivity index (χ4v) is 1.83. The van der Waals surface area contributed by atoms with E-state index in [0.717, 1.165) is 11.3 Å². The quantitative estimate of drug-likeness (QED) is 0.856. The molecule has 1 N–H and O–H groups in total. The van der Waals surface area contributed by atoms with Gasteiger partial charge in [-0.2, -0.15) is 0 Å². The molecule has 0 atom stereocenters. The fraction of sp³-hybridized carbons (Fsp3) is 0.214. The molecule has 2 rings (SSSR count). The summed E-state index contributed by atoms with van der Waals surface area (Å²) in [5.74, 6) is 1.54. The van der Waals surface area contributed by atoms with E-state index in [1.807, 2.05) is 24.3 Å². The van der Waals surface area contributed by atoms with Crippen LogP contribution in [0.3, 0.4) is 0 Å². The van der Waals surface area contributed by atoms with Crippen LogP contribution in [0.1, 0.15) is 21.9 Å². The van der Waals surface area contributed by atoms with Gasteiger partial charge in [0, 0.05) is 12.1 Å². The van der Waals surface area contributed by atoms with Gasteiger partial charge < -0.3 is 14.5 Å². The third kappa shape index (κ3) is 3.29. The van der Waals surface area contributed by atoms with Crippen LogP contribution in [0.25, 0.3) is 0 Å². The molecule has 1 aromatic carbocycles. The van der Waals surface area contributed by atoms with Gasteiger partial charge in [0.1, 0.15) is 11.5 Å². The number of halogens is 1. The molecule has 0 fully saturated rings. The van der Waals surface area contributed by atoms with E-state index in [9.17, 15) is 4.79 Å². The number of rotatable bonds is 5. The summed E-state index contributed by atoms with van der Waals surface area (Å²) < 4.78 is 10.5. The van der Waals surface area contributed by atoms with Gasteiger partial charge in [-0.1, -0.05) is 18.2 Å². The smallest absolute Gasteiger partial charge is 0.287 e. The molecule has 0 saturated heterocycles. The van der Waals surface area contributed by atoms with Gasteiger partial charge in [0.05, 0.1) is 13.0 Å². The van der Waals surface area contributed by atoms with Crippen LogP contribution in [0.2, 0.25) is 0 Å². The van der Waals surface area contributed by atoms with Crippen LogP contribution in [-0.4, -0.2) is 13.0 Å². The van der Waals surface area contributed by atoms with Crippen molar-refractivity contribution in [1.82, 2.24) is 5.32 Å². The highest BCUT2D eigenvalue weighted by Crippen LogP contribution is 2.17. The monoisotopic (exact) mass is 279 g/mol. The predicted molar refractivity (Wildman–Crippen MR) is 72.4 cm³/mol. The van der Waals surface area contributed by atoms with E-state index >= 15 is 0 Å². The number of hydrogen-bond acceptors (Lipinski definition) is 3. The van der Waals surface area contributed by atoms with Crippen molar-refractivity contribution in [1.29, 1.82) is 0 Å². The number of benzene rings is 1. The maximum atomic E-state index is 11.9. The van der Waals surface area contributed by atoms with Gasteiger partial charge in [-0.3, -0.25) is 4.79 Å². The fourth-order valence-electron chi connectivity index (χ4n) is 1.68. The lowest BCUT2D eigenvalue weighted by molar-refractivity contribution is 0.0921. The van der Waals surface area contributed by atoms with E-state index in [1.54, 1.807) is 19.2 Å². The molecule has 5 heteroatoms. The summed E-state index contributed by atoms with van der Waals surface area (Å²) in [5, 5.41) is 2.77. The molecule has 1 heterocycles. The Morgan fingerprint density at radius 1 is 1.32 bits per heavy atom. The van der Waals surface area contributed by atoms with Gasteiger partial charge in [-0.25, -0.2) is 0 Å². The highest BCUT2D eigenvalue weighted by atomic mass is 35.5. The van der Waals surface area contributed by atoms with Crippen LogP contribution in [-0.2, 0) is 12.4 Å². The zero-order valence-corrected chi connectivity index (χ0v) is 11.2. The van der Waals surface area contributed by atoms with E-state index in [0.29, 0.717) is 12.3 Å². The van der Waals surface area contributed by atoms with Gasteiger partial charge in [-0.05, 0) is 18.2 Å². The van der Waals surface area contributed by atoms with Crippen molar-refractivity contribution in [2.45, 2.75) is 12.4 Å². The second-order valence-corrected chi connectivity index (χ2v) is 4.16. The lowest BCUT2D eigenvalue weighted by Crippen LogP contribution is -2.22. The highest BCUT2D eigenvalue weighted by Gasteiger charge is 2.11. The third-order valence-electron chi connectivity index (χ3n) is 2.65. The summed E-state index contributed by atoms with van der Waals surface area (Å²) in [6, 6.07) is 10.8. The van der Waals surface area contributed by atoms with Gasteiger partial charge in [-0.15, -0.1) is 11.6 Å². The first-order chi connectivity index (χ1) is 9.24. The lowest BCUT2D eigenvalue weighted by atomic mass is 10.2. The minimum absolute atomic E-state index is 0.250. The molecule has 1 aromatic heterocycles. The molecule has 2 aromatic rings. The van der Waals surface area contributed by atoms with Crippen molar-refractivity contribution >= 4 is 17.5 Å². The average molecular weight is 280 g/mol. The number of hydrogen-bond donors (Lipinski definition) is 1. The number of ether oxygens (including phenoxy) is 1. The molecular formula is C14H14ClNO3. The second kappa shape index (κ2) is 6.29. The Bertz CT molecular complexity index is 565. The molecule has 0 aliphatic heterocycles. The van der Waals surface area contributed by atoms with Crippen LogP contribution in [0.15, 0.2) is 40.8 Å². The molecule has 0 aliphatic rings. The van der Waals surface area contributed by atoms with E-state index in [2.05, 4.69) is 5.32 Å². The number of para-hydroxylation sites is 1. The molecule has 4 nitrogen and oxygen atoms in total. The lowest BCUT2D eigenvalue weighted by Gasteiger charge is -2.08. The van der Waals surface area contributed by atoms with Crippen molar-refractivity contribution < 1.29 is 13.9 Å². The number of alkyl halides is 1. The van der Waals surface area contributed by atoms with Crippen molar-refractivity contribution in [3.8, 4) is 5.75 Å². The number of carbonyl (C=O) groups is 1. The molecular weight excluding hydrogens is 266 g/mol. The first-order valence-electron chi connectivity index (χ1n) is 5.79. The maximum Gasteiger partial charge on any atom is 0.287 e. The second-order valence-electron chi connectivity index (χ2n) is 3.89. The molecule has 0 saturated carbocycles. The SMILES string of the molecule is COc1ccccc1CNC(=O)c1ccc(CCl)o1. The van der Waals surface area contributed by atoms with E-state index in [1.165, 1.54) is 0 Å². The van der Waals surface area contributed by atoms with Crippen LogP contribution in [0, 0.1) is 0 Å². The zero-order chi connectivity index (χ0) is 13.7. The topological polar surface area (TPSA) is 51.5 Å². The third-order valence-corrected chi connectivity index (χ3v) is 2.91. The maximum absolute atomic E-state index is 11.9. The van der Waals surface area contributed by atoms with Crippen LogP contribution in [0.4, 0.5) is 0 Å². The van der Waals surface area contributed by atoms with Gasteiger partial charge in [0.25, 0.3) is 5.91 Å². The summed E-state index contributed by atoms with van der Waals surface area (Å²) in [7, 11) is 1.60. The number of methoxy groups -OCH3 is 1. The summed E-state index contributed by atoms with van der Waals surface area (Å²) in [4.78, 5) is 11.9. The largest absolute Gasteiger partial charge is 0.496 e. The Morgan fingerprint density at radius 2 is 2.11 bits per heavy atom. The molecule has 0 aliphatic carbocycles. The van der Waals surface area contributed by atoms with Crippen molar-refractivity contribution in [2.75, 3.05) is 7.11 Å². The number of amides is 1. The average Bonchev–Trinajstić information content (AvgIpc) is 2.94. The molecule has 0 spiro atoms. The summed E-state index contributed by atoms with van der Waals surface area (Å²) in [6.07, 6.45) is 0. The first kappa shape index (κ1) is 13.5. The Labute approximate surface area is 116 Å². The molecule has 19 heavy (non-hydrogen) atoms. The Kier molecular flexibility index (Phi) is 4.47. The van der Waals surface area contributed by atoms with Gasteiger partial charge in [0.2, 0.25) is 0 Å². The summed E-state index contributed by atoms with van der Waals surface area (Å²) >= 11 is 5.62. The molecule has 0 bridgehead atoms. The van der Waals surface area contributed by atoms with Gasteiger partial charge >= 0.3 is 0 Å². The van der Waals surface area contributed by atoms with Crippen LogP contribution >= 0.6 is 11.6 Å². The Hall–Kier alpha value is -1.94. The van der Waals surface area contributed by atoms with E-state index < -0.39 is 0 Å². The normalized spacial score (nSPS) is 10.2. The number of nitrogens with one attached hydrogen (secondary N) is 1. The minimum Gasteiger partial charge on any atom is -0.496 e. The van der Waals surface area contributed by atoms with E-state index in [-0.39, 0.29) is 17.5 Å². The highest BCUT2D eigenvalue weighted by molar-refractivity contribution is 6.16. The predicted octanol–water partition coefficient (Wildman–Crippen LogP) is 2.96. The zero-order valence-electron chi connectivity index (χ0n) is 10.5. The Morgan fingerprint density at radius 3 is 2.79 bits per heavy atom. The molecule has 100 valence electrons. The van der Waals surface area contributed by atoms with E-state index in [4.69, 9.17) is 20.8 Å². The number of furan rings is 1. The van der Waals surface area contributed by atoms with Crippen molar-refractivity contribution in [2.24, 2.45) is 0 Å². The van der Waals surface area contributed by atoms with Crippen molar-refractivity contribution in [3.05, 3.63) is 53.5 Å². The molecule has 0 radical (unpaired) electrons. The Balaban J connectivity index is 2.00. The minimum atomic E-state index is -0.276. The van der Waals surface area contributed by atoms with Gasteiger partial charge in [0.15, 0.2) is 5.76 Å². The first-order valence-corrected chi connectivity index (χ1v) is 6.33. The molecule has 1 amide bonds. The van der Waals surface area contributed by atoms with Crippen LogP contribution < -0.4 is 10.1 Å². The summed E-state index contributed by atoms with van der Waals surface area (Å²) in [6.45, 7) is 0.375. The molecule has 0 unspecified atom stereocenters. The van der Waals surface area contributed by atoms with Crippen LogP contribution in [0.5, 0.6) is 5.75 Å². The summed E-state index contributed by atoms with van der Waals surface area (Å²) in [5.41, 5.74) is 0.905. The van der Waals surface area contributed by atoms with Crippen molar-refractivity contribution in [3.63, 3.8) is 0 Å². The standard InChI is InChI=1S/C14H14ClNO3/c1-18-12-5-3-2-4-10(12)9-16-14(17)13-7-6-11(8-15)19-13/h2-7H,8-9H2,1H3,(H,16,17). The number of carbonyl (C=O) groups excluding carboxylic acids is 1.